The highest BCUT2D eigenvalue weighted by Gasteiger charge is 2.27. The Hall–Kier alpha value is -3.68. The highest BCUT2D eigenvalue weighted by atomic mass is 16.5. The third kappa shape index (κ3) is 5.24. The Labute approximate surface area is 218 Å². The fourth-order valence-electron chi connectivity index (χ4n) is 5.29. The maximum Gasteiger partial charge on any atom is 0.239 e. The predicted octanol–water partition coefficient (Wildman–Crippen LogP) is 4.33. The minimum Gasteiger partial charge on any atom is -0.496 e. The summed E-state index contributed by atoms with van der Waals surface area (Å²) in [6, 6.07) is 18.1. The number of ether oxygens (including phenoxy) is 1. The number of aromatic nitrogens is 2. The van der Waals surface area contributed by atoms with Crippen molar-refractivity contribution in [2.45, 2.75) is 31.3 Å². The Balaban J connectivity index is 1.36. The molecule has 0 aliphatic carbocycles. The molecule has 192 valence electrons. The summed E-state index contributed by atoms with van der Waals surface area (Å²) in [5, 5.41) is 1.03. The maximum atomic E-state index is 13.1. The molecule has 1 amide bonds. The lowest BCUT2D eigenvalue weighted by Crippen LogP contribution is -2.50. The second-order valence-electron chi connectivity index (χ2n) is 10.0. The third-order valence-electron chi connectivity index (χ3n) is 7.54. The number of rotatable bonds is 7. The zero-order chi connectivity index (χ0) is 25.9. The van der Waals surface area contributed by atoms with Crippen LogP contribution in [-0.4, -0.2) is 72.1 Å². The topological polar surface area (TPSA) is 87.5 Å². The standard InChI is InChI=1S/C30H35N5O2/c1-34-13-11-23(12-14-34)35(2)30(36)27(31)16-20-7-6-8-21(15-20)22-17-25-26(19-33-29(25)32-18-22)24-9-4-5-10-28(24)37-3/h4-10,15,17-19,23,27H,11-14,16,31H2,1-3H3,(H,32,33). The number of amides is 1. The van der Waals surface area contributed by atoms with Crippen LogP contribution in [0.3, 0.4) is 0 Å². The van der Waals surface area contributed by atoms with Gasteiger partial charge in [0.15, 0.2) is 0 Å². The van der Waals surface area contributed by atoms with E-state index in [1.807, 2.05) is 54.7 Å². The molecule has 7 heteroatoms. The lowest BCUT2D eigenvalue weighted by Gasteiger charge is -2.36. The van der Waals surface area contributed by atoms with Gasteiger partial charge in [-0.05, 0) is 62.7 Å². The van der Waals surface area contributed by atoms with Crippen LogP contribution in [0.4, 0.5) is 0 Å². The first-order valence-electron chi connectivity index (χ1n) is 12.8. The number of piperidine rings is 1. The molecule has 0 bridgehead atoms. The van der Waals surface area contributed by atoms with Crippen molar-refractivity contribution in [2.75, 3.05) is 34.3 Å². The molecule has 0 spiro atoms. The normalized spacial score (nSPS) is 15.6. The molecular weight excluding hydrogens is 462 g/mol. The fraction of sp³-hybridized carbons (Fsp3) is 0.333. The smallest absolute Gasteiger partial charge is 0.239 e. The average Bonchev–Trinajstić information content (AvgIpc) is 3.36. The molecular formula is C30H35N5O2. The molecule has 1 unspecified atom stereocenters. The number of para-hydroxylation sites is 1. The molecule has 1 aliphatic heterocycles. The van der Waals surface area contributed by atoms with E-state index < -0.39 is 6.04 Å². The molecule has 2 aromatic carbocycles. The quantitative estimate of drug-likeness (QED) is 0.397. The highest BCUT2D eigenvalue weighted by molar-refractivity contribution is 5.97. The van der Waals surface area contributed by atoms with E-state index in [0.717, 1.165) is 70.5 Å². The van der Waals surface area contributed by atoms with E-state index in [-0.39, 0.29) is 11.9 Å². The monoisotopic (exact) mass is 497 g/mol. The van der Waals surface area contributed by atoms with Crippen LogP contribution in [0.15, 0.2) is 67.0 Å². The van der Waals surface area contributed by atoms with Gasteiger partial charge in [-0.3, -0.25) is 4.79 Å². The molecule has 1 saturated heterocycles. The van der Waals surface area contributed by atoms with Gasteiger partial charge >= 0.3 is 0 Å². The van der Waals surface area contributed by atoms with Gasteiger partial charge in [0.1, 0.15) is 11.4 Å². The molecule has 7 nitrogen and oxygen atoms in total. The van der Waals surface area contributed by atoms with Crippen LogP contribution in [0.25, 0.3) is 33.3 Å². The van der Waals surface area contributed by atoms with Gasteiger partial charge in [-0.25, -0.2) is 4.98 Å². The summed E-state index contributed by atoms with van der Waals surface area (Å²) in [6.07, 6.45) is 6.33. The van der Waals surface area contributed by atoms with E-state index in [2.05, 4.69) is 46.2 Å². The van der Waals surface area contributed by atoms with Crippen LogP contribution in [-0.2, 0) is 11.2 Å². The molecule has 3 N–H and O–H groups in total. The number of benzene rings is 2. The van der Waals surface area contributed by atoms with Crippen LogP contribution in [0.1, 0.15) is 18.4 Å². The van der Waals surface area contributed by atoms with E-state index in [0.29, 0.717) is 6.42 Å². The van der Waals surface area contributed by atoms with Crippen molar-refractivity contribution in [1.82, 2.24) is 19.8 Å². The van der Waals surface area contributed by atoms with Crippen molar-refractivity contribution in [2.24, 2.45) is 5.73 Å². The van der Waals surface area contributed by atoms with E-state index >= 15 is 0 Å². The molecule has 37 heavy (non-hydrogen) atoms. The molecule has 4 aromatic rings. The maximum absolute atomic E-state index is 13.1. The lowest BCUT2D eigenvalue weighted by molar-refractivity contribution is -0.134. The summed E-state index contributed by atoms with van der Waals surface area (Å²) in [5.41, 5.74) is 12.4. The number of nitrogens with one attached hydrogen (secondary N) is 1. The first-order chi connectivity index (χ1) is 17.9. The number of methoxy groups -OCH3 is 1. The van der Waals surface area contributed by atoms with Crippen molar-refractivity contribution in [3.63, 3.8) is 0 Å². The summed E-state index contributed by atoms with van der Waals surface area (Å²) in [5.74, 6) is 0.830. The predicted molar refractivity (Wildman–Crippen MR) is 148 cm³/mol. The number of carbonyl (C=O) groups is 1. The highest BCUT2D eigenvalue weighted by Crippen LogP contribution is 2.36. The van der Waals surface area contributed by atoms with Crippen molar-refractivity contribution in [3.8, 4) is 28.0 Å². The van der Waals surface area contributed by atoms with Crippen molar-refractivity contribution in [3.05, 3.63) is 72.6 Å². The second-order valence-corrected chi connectivity index (χ2v) is 10.0. The molecule has 0 saturated carbocycles. The van der Waals surface area contributed by atoms with Crippen LogP contribution < -0.4 is 10.5 Å². The van der Waals surface area contributed by atoms with Crippen molar-refractivity contribution >= 4 is 16.9 Å². The average molecular weight is 498 g/mol. The summed E-state index contributed by atoms with van der Waals surface area (Å²) in [7, 11) is 5.70. The van der Waals surface area contributed by atoms with Crippen molar-refractivity contribution in [1.29, 1.82) is 0 Å². The summed E-state index contributed by atoms with van der Waals surface area (Å²) in [6.45, 7) is 2.02. The van der Waals surface area contributed by atoms with Crippen LogP contribution in [0.2, 0.25) is 0 Å². The van der Waals surface area contributed by atoms with E-state index in [4.69, 9.17) is 10.5 Å². The number of likely N-dealkylation sites (N-methyl/N-ethyl adjacent to an activating group) is 1. The lowest BCUT2D eigenvalue weighted by atomic mass is 9.97. The number of nitrogens with zero attached hydrogens (tertiary/aromatic N) is 3. The molecule has 1 aliphatic rings. The largest absolute Gasteiger partial charge is 0.496 e. The minimum atomic E-state index is -0.567. The zero-order valence-corrected chi connectivity index (χ0v) is 21.8. The number of H-pyrrole nitrogens is 1. The van der Waals surface area contributed by atoms with Gasteiger partial charge in [0.05, 0.1) is 13.2 Å². The first-order valence-corrected chi connectivity index (χ1v) is 12.8. The molecule has 3 heterocycles. The number of carbonyl (C=O) groups excluding carboxylic acids is 1. The minimum absolute atomic E-state index is 0.0109. The zero-order valence-electron chi connectivity index (χ0n) is 21.8. The summed E-state index contributed by atoms with van der Waals surface area (Å²) in [4.78, 5) is 25.2. The van der Waals surface area contributed by atoms with Gasteiger partial charge < -0.3 is 25.3 Å². The van der Waals surface area contributed by atoms with Crippen LogP contribution >= 0.6 is 0 Å². The van der Waals surface area contributed by atoms with E-state index in [1.165, 1.54) is 0 Å². The SMILES string of the molecule is COc1ccccc1-c1c[nH]c2ncc(-c3cccc(CC(N)C(=O)N(C)C4CCN(C)CC4)c3)cc12. The van der Waals surface area contributed by atoms with Gasteiger partial charge in [0.2, 0.25) is 5.91 Å². The number of fused-ring (bicyclic) bond motifs is 1. The van der Waals surface area contributed by atoms with Crippen LogP contribution in [0, 0.1) is 0 Å². The molecule has 1 fully saturated rings. The number of likely N-dealkylation sites (tertiary alicyclic amines) is 1. The van der Waals surface area contributed by atoms with Gasteiger partial charge in [0, 0.05) is 47.6 Å². The number of pyridine rings is 1. The number of hydrogen-bond acceptors (Lipinski definition) is 5. The first kappa shape index (κ1) is 25.0. The molecule has 0 radical (unpaired) electrons. The Kier molecular flexibility index (Phi) is 7.26. The van der Waals surface area contributed by atoms with Gasteiger partial charge in [-0.15, -0.1) is 0 Å². The van der Waals surface area contributed by atoms with E-state index in [1.54, 1.807) is 7.11 Å². The molecule has 5 rings (SSSR count). The number of nitrogens with two attached hydrogens (primary N) is 1. The molecule has 2 aromatic heterocycles. The number of aromatic amines is 1. The third-order valence-corrected chi connectivity index (χ3v) is 7.54. The van der Waals surface area contributed by atoms with Gasteiger partial charge in [-0.1, -0.05) is 42.5 Å². The molecule has 1 atom stereocenters. The second kappa shape index (κ2) is 10.7. The number of hydrogen-bond donors (Lipinski definition) is 2. The Morgan fingerprint density at radius 3 is 2.70 bits per heavy atom. The Morgan fingerprint density at radius 1 is 1.14 bits per heavy atom. The van der Waals surface area contributed by atoms with Crippen LogP contribution in [0.5, 0.6) is 5.75 Å². The van der Waals surface area contributed by atoms with Gasteiger partial charge in [0.25, 0.3) is 0 Å². The Bertz CT molecular complexity index is 1390. The summed E-state index contributed by atoms with van der Waals surface area (Å²) < 4.78 is 5.59. The summed E-state index contributed by atoms with van der Waals surface area (Å²) >= 11 is 0. The van der Waals surface area contributed by atoms with E-state index in [9.17, 15) is 4.79 Å². The fourth-order valence-corrected chi connectivity index (χ4v) is 5.29. The Morgan fingerprint density at radius 2 is 1.92 bits per heavy atom. The van der Waals surface area contributed by atoms with Gasteiger partial charge in [-0.2, -0.15) is 0 Å². The van der Waals surface area contributed by atoms with Crippen molar-refractivity contribution < 1.29 is 9.53 Å².